The number of carbonyl (C=O) groups is 1. The number of hydrogen-bond acceptors (Lipinski definition) is 4. The van der Waals surface area contributed by atoms with Gasteiger partial charge in [0.1, 0.15) is 17.3 Å². The topological polar surface area (TPSA) is 67.6 Å². The first-order valence-corrected chi connectivity index (χ1v) is 8.96. The first-order valence-electron chi connectivity index (χ1n) is 7.24. The summed E-state index contributed by atoms with van der Waals surface area (Å²) in [6, 6.07) is 8.66. The van der Waals surface area contributed by atoms with Crippen molar-refractivity contribution in [1.29, 1.82) is 0 Å². The molecule has 1 aliphatic rings. The van der Waals surface area contributed by atoms with Gasteiger partial charge in [0.05, 0.1) is 11.5 Å². The number of rotatable bonds is 4. The van der Waals surface area contributed by atoms with E-state index in [0.29, 0.717) is 18.7 Å². The second-order valence-corrected chi connectivity index (χ2v) is 7.84. The Kier molecular flexibility index (Phi) is 4.21. The van der Waals surface area contributed by atoms with E-state index in [1.807, 2.05) is 0 Å². The first-order chi connectivity index (χ1) is 11.0. The first kappa shape index (κ1) is 15.7. The van der Waals surface area contributed by atoms with Crippen molar-refractivity contribution in [3.05, 3.63) is 59.8 Å². The highest BCUT2D eigenvalue weighted by Gasteiger charge is 2.35. The largest absolute Gasteiger partial charge is 0.468 e. The quantitative estimate of drug-likeness (QED) is 0.858. The molecule has 0 saturated carbocycles. The molecule has 1 amide bonds. The molecule has 2 aromatic rings. The normalized spacial score (nSPS) is 18.3. The van der Waals surface area contributed by atoms with Gasteiger partial charge in [-0.15, -0.1) is 0 Å². The second kappa shape index (κ2) is 6.16. The van der Waals surface area contributed by atoms with Crippen LogP contribution >= 0.6 is 0 Å². The van der Waals surface area contributed by atoms with Crippen molar-refractivity contribution >= 4 is 15.7 Å². The van der Waals surface area contributed by atoms with Gasteiger partial charge in [0.2, 0.25) is 0 Å². The van der Waals surface area contributed by atoms with Crippen LogP contribution in [0.4, 0.5) is 4.39 Å². The molecule has 23 heavy (non-hydrogen) atoms. The van der Waals surface area contributed by atoms with Crippen LogP contribution in [0.25, 0.3) is 0 Å². The fraction of sp³-hybridized carbons (Fsp3) is 0.312. The minimum absolute atomic E-state index is 0.123. The fourth-order valence-corrected chi connectivity index (χ4v) is 4.39. The Balaban J connectivity index is 1.69. The maximum absolute atomic E-state index is 13.2. The number of furan rings is 1. The van der Waals surface area contributed by atoms with Gasteiger partial charge in [0.15, 0.2) is 9.84 Å². The van der Waals surface area contributed by atoms with Gasteiger partial charge in [-0.2, -0.15) is 0 Å². The van der Waals surface area contributed by atoms with E-state index in [2.05, 4.69) is 0 Å². The zero-order valence-electron chi connectivity index (χ0n) is 12.3. The molecule has 0 unspecified atom stereocenters. The third-order valence-corrected chi connectivity index (χ3v) is 6.02. The molecule has 1 aromatic heterocycles. The monoisotopic (exact) mass is 337 g/mol. The molecule has 1 atom stereocenters. The lowest BCUT2D eigenvalue weighted by Crippen LogP contribution is -2.32. The lowest BCUT2D eigenvalue weighted by Gasteiger charge is -2.16. The van der Waals surface area contributed by atoms with Crippen molar-refractivity contribution in [3.63, 3.8) is 0 Å². The van der Waals surface area contributed by atoms with E-state index in [1.54, 1.807) is 12.1 Å². The summed E-state index contributed by atoms with van der Waals surface area (Å²) in [4.78, 5) is 13.8. The molecular formula is C16H16FNO4S. The van der Waals surface area contributed by atoms with Crippen LogP contribution in [0.3, 0.4) is 0 Å². The zero-order valence-corrected chi connectivity index (χ0v) is 13.1. The molecule has 1 fully saturated rings. The van der Waals surface area contributed by atoms with Crippen LogP contribution < -0.4 is 0 Å². The molecule has 7 heteroatoms. The summed E-state index contributed by atoms with van der Waals surface area (Å²) in [5, 5.41) is -0.620. The number of amides is 1. The maximum Gasteiger partial charge on any atom is 0.253 e. The number of halogens is 1. The predicted molar refractivity (Wildman–Crippen MR) is 82.0 cm³/mol. The highest BCUT2D eigenvalue weighted by Crippen LogP contribution is 2.22. The summed E-state index contributed by atoms with van der Waals surface area (Å²) in [5.41, 5.74) is 0.231. The number of benzene rings is 1. The van der Waals surface area contributed by atoms with E-state index in [-0.39, 0.29) is 23.8 Å². The summed E-state index contributed by atoms with van der Waals surface area (Å²) < 4.78 is 43.1. The molecule has 122 valence electrons. The van der Waals surface area contributed by atoms with Gasteiger partial charge in [0, 0.05) is 18.7 Å². The summed E-state index contributed by atoms with van der Waals surface area (Å²) in [6.45, 7) is 0.468. The van der Waals surface area contributed by atoms with Crippen molar-refractivity contribution in [2.75, 3.05) is 13.1 Å². The van der Waals surface area contributed by atoms with E-state index in [0.717, 1.165) is 6.07 Å². The molecule has 0 aliphatic carbocycles. The Morgan fingerprint density at radius 2 is 2.13 bits per heavy atom. The predicted octanol–water partition coefficient (Wildman–Crippen LogP) is 2.25. The zero-order chi connectivity index (χ0) is 16.4. The number of carbonyl (C=O) groups excluding carboxylic acids is 1. The Hall–Kier alpha value is -2.15. The fourth-order valence-electron chi connectivity index (χ4n) is 2.72. The number of likely N-dealkylation sites (tertiary alicyclic amines) is 1. The van der Waals surface area contributed by atoms with Gasteiger partial charge in [0.25, 0.3) is 5.91 Å². The minimum Gasteiger partial charge on any atom is -0.468 e. The van der Waals surface area contributed by atoms with E-state index in [9.17, 15) is 17.6 Å². The molecule has 3 rings (SSSR count). The number of sulfone groups is 1. The van der Waals surface area contributed by atoms with E-state index in [1.165, 1.54) is 29.4 Å². The Labute approximate surface area is 133 Å². The van der Waals surface area contributed by atoms with Gasteiger partial charge >= 0.3 is 0 Å². The molecule has 2 heterocycles. The van der Waals surface area contributed by atoms with Gasteiger partial charge in [-0.1, -0.05) is 6.07 Å². The van der Waals surface area contributed by atoms with Crippen LogP contribution in [0.2, 0.25) is 0 Å². The van der Waals surface area contributed by atoms with Crippen LogP contribution in [-0.2, 0) is 15.6 Å². The number of hydrogen-bond donors (Lipinski definition) is 0. The van der Waals surface area contributed by atoms with E-state index < -0.39 is 20.9 Å². The maximum atomic E-state index is 13.2. The van der Waals surface area contributed by atoms with Crippen molar-refractivity contribution in [2.45, 2.75) is 17.4 Å². The third-order valence-electron chi connectivity index (χ3n) is 3.94. The molecular weight excluding hydrogens is 321 g/mol. The lowest BCUT2D eigenvalue weighted by molar-refractivity contribution is 0.0792. The van der Waals surface area contributed by atoms with Gasteiger partial charge in [-0.05, 0) is 36.8 Å². The standard InChI is InChI=1S/C16H16FNO4S/c17-13-4-1-3-12(9-13)16(19)18-7-6-15(10-18)23(20,21)11-14-5-2-8-22-14/h1-5,8-9,15H,6-7,10-11H2/t15-/m0/s1. The molecule has 1 aliphatic heterocycles. The minimum atomic E-state index is -3.40. The van der Waals surface area contributed by atoms with Gasteiger partial charge in [-0.25, -0.2) is 12.8 Å². The molecule has 1 saturated heterocycles. The molecule has 0 N–H and O–H groups in total. The summed E-state index contributed by atoms with van der Waals surface area (Å²) in [5.74, 6) is -0.621. The van der Waals surface area contributed by atoms with Crippen molar-refractivity contribution < 1.29 is 22.0 Å². The smallest absolute Gasteiger partial charge is 0.253 e. The Morgan fingerprint density at radius 3 is 2.83 bits per heavy atom. The highest BCUT2D eigenvalue weighted by molar-refractivity contribution is 7.91. The average Bonchev–Trinajstić information content (AvgIpc) is 3.17. The van der Waals surface area contributed by atoms with Crippen LogP contribution in [0, 0.1) is 5.82 Å². The molecule has 0 radical (unpaired) electrons. The van der Waals surface area contributed by atoms with E-state index in [4.69, 9.17) is 4.42 Å². The highest BCUT2D eigenvalue weighted by atomic mass is 32.2. The van der Waals surface area contributed by atoms with E-state index >= 15 is 0 Å². The summed E-state index contributed by atoms with van der Waals surface area (Å²) >= 11 is 0. The van der Waals surface area contributed by atoms with Crippen molar-refractivity contribution in [1.82, 2.24) is 4.90 Å². The average molecular weight is 337 g/mol. The van der Waals surface area contributed by atoms with Crippen molar-refractivity contribution in [3.8, 4) is 0 Å². The Morgan fingerprint density at radius 1 is 1.30 bits per heavy atom. The lowest BCUT2D eigenvalue weighted by atomic mass is 10.2. The van der Waals surface area contributed by atoms with Crippen LogP contribution in [0.15, 0.2) is 47.1 Å². The third kappa shape index (κ3) is 3.44. The molecule has 0 bridgehead atoms. The van der Waals surface area contributed by atoms with Crippen LogP contribution in [0.1, 0.15) is 22.5 Å². The Bertz CT molecular complexity index is 801. The van der Waals surface area contributed by atoms with Crippen molar-refractivity contribution in [2.24, 2.45) is 0 Å². The van der Waals surface area contributed by atoms with Crippen LogP contribution in [-0.4, -0.2) is 37.6 Å². The molecule has 5 nitrogen and oxygen atoms in total. The summed E-state index contributed by atoms with van der Waals surface area (Å²) in [6.07, 6.45) is 1.81. The van der Waals surface area contributed by atoms with Crippen LogP contribution in [0.5, 0.6) is 0 Å². The second-order valence-electron chi connectivity index (χ2n) is 5.56. The van der Waals surface area contributed by atoms with Gasteiger partial charge < -0.3 is 9.32 Å². The van der Waals surface area contributed by atoms with Gasteiger partial charge in [-0.3, -0.25) is 4.79 Å². The molecule has 1 aromatic carbocycles. The molecule has 0 spiro atoms. The SMILES string of the molecule is O=C(c1cccc(F)c1)N1CC[C@H](S(=O)(=O)Cc2ccco2)C1. The summed E-state index contributed by atoms with van der Waals surface area (Å²) in [7, 11) is -3.40. The number of nitrogens with zero attached hydrogens (tertiary/aromatic N) is 1.